The second kappa shape index (κ2) is 6.67. The molecule has 0 bridgehead atoms. The summed E-state index contributed by atoms with van der Waals surface area (Å²) in [6.45, 7) is 6.54. The molecule has 0 saturated carbocycles. The topological polar surface area (TPSA) is 12.0 Å². The number of benzene rings is 2. The quantitative estimate of drug-likeness (QED) is 0.759. The van der Waals surface area contributed by atoms with Crippen LogP contribution in [0.4, 0.5) is 8.78 Å². The number of rotatable bonds is 4. The monoisotopic (exact) mass is 353 g/mol. The molecule has 2 rings (SSSR count). The Balaban J connectivity index is 2.58. The van der Waals surface area contributed by atoms with Crippen LogP contribution in [-0.4, -0.2) is 6.54 Å². The first-order valence-corrected chi connectivity index (χ1v) is 7.69. The van der Waals surface area contributed by atoms with Crippen LogP contribution in [0.3, 0.4) is 0 Å². The summed E-state index contributed by atoms with van der Waals surface area (Å²) in [5, 5.41) is 3.17. The lowest BCUT2D eigenvalue weighted by Gasteiger charge is -2.21. The third-order valence-corrected chi connectivity index (χ3v) is 4.25. The third kappa shape index (κ3) is 3.33. The van der Waals surface area contributed by atoms with E-state index in [2.05, 4.69) is 21.2 Å². The molecule has 0 amide bonds. The molecule has 1 atom stereocenters. The summed E-state index contributed by atoms with van der Waals surface area (Å²) in [6, 6.07) is 8.03. The van der Waals surface area contributed by atoms with Crippen molar-refractivity contribution in [2.24, 2.45) is 0 Å². The van der Waals surface area contributed by atoms with Crippen LogP contribution < -0.4 is 5.32 Å². The van der Waals surface area contributed by atoms with Gasteiger partial charge < -0.3 is 5.32 Å². The van der Waals surface area contributed by atoms with Crippen LogP contribution in [0.15, 0.2) is 34.8 Å². The first kappa shape index (κ1) is 16.1. The molecule has 0 aliphatic carbocycles. The highest BCUT2D eigenvalue weighted by molar-refractivity contribution is 9.10. The van der Waals surface area contributed by atoms with Crippen molar-refractivity contribution in [3.63, 3.8) is 0 Å². The molecule has 0 spiro atoms. The summed E-state index contributed by atoms with van der Waals surface area (Å²) < 4.78 is 28.8. The van der Waals surface area contributed by atoms with E-state index in [9.17, 15) is 8.78 Å². The molecule has 0 aromatic heterocycles. The van der Waals surface area contributed by atoms with Crippen LogP contribution in [0.1, 0.15) is 35.2 Å². The molecular weight excluding hydrogens is 336 g/mol. The van der Waals surface area contributed by atoms with Gasteiger partial charge in [0.1, 0.15) is 11.6 Å². The Morgan fingerprint density at radius 2 is 1.81 bits per heavy atom. The van der Waals surface area contributed by atoms with Gasteiger partial charge in [0.15, 0.2) is 0 Å². The number of hydrogen-bond donors (Lipinski definition) is 1. The van der Waals surface area contributed by atoms with Gasteiger partial charge in [0.05, 0.1) is 10.5 Å². The van der Waals surface area contributed by atoms with Crippen molar-refractivity contribution in [2.45, 2.75) is 26.8 Å². The molecule has 4 heteroatoms. The van der Waals surface area contributed by atoms with Crippen molar-refractivity contribution in [3.8, 4) is 0 Å². The van der Waals surface area contributed by atoms with E-state index in [4.69, 9.17) is 0 Å². The largest absolute Gasteiger partial charge is 0.306 e. The van der Waals surface area contributed by atoms with Crippen LogP contribution >= 0.6 is 15.9 Å². The van der Waals surface area contributed by atoms with Gasteiger partial charge in [-0.2, -0.15) is 0 Å². The first-order valence-electron chi connectivity index (χ1n) is 6.89. The van der Waals surface area contributed by atoms with Gasteiger partial charge in [-0.1, -0.05) is 25.1 Å². The summed E-state index contributed by atoms with van der Waals surface area (Å²) in [7, 11) is 0. The molecule has 0 heterocycles. The number of aryl methyl sites for hydroxylation is 2. The van der Waals surface area contributed by atoms with E-state index in [-0.39, 0.29) is 10.0 Å². The Morgan fingerprint density at radius 1 is 1.10 bits per heavy atom. The molecule has 1 nitrogen and oxygen atoms in total. The van der Waals surface area contributed by atoms with Crippen molar-refractivity contribution in [3.05, 3.63) is 68.7 Å². The van der Waals surface area contributed by atoms with E-state index in [1.54, 1.807) is 0 Å². The van der Waals surface area contributed by atoms with Crippen molar-refractivity contribution in [2.75, 3.05) is 6.54 Å². The second-order valence-corrected chi connectivity index (χ2v) is 5.95. The van der Waals surface area contributed by atoms with E-state index in [1.807, 2.05) is 39.0 Å². The highest BCUT2D eigenvalue weighted by atomic mass is 79.9. The maximum Gasteiger partial charge on any atom is 0.145 e. The molecule has 2 aromatic rings. The van der Waals surface area contributed by atoms with Crippen LogP contribution in [0.2, 0.25) is 0 Å². The predicted molar refractivity (Wildman–Crippen MR) is 85.5 cm³/mol. The summed E-state index contributed by atoms with van der Waals surface area (Å²) in [6.07, 6.45) is 0. The standard InChI is InChI=1S/C17H18BrF2N/c1-4-21-17(12-6-5-10(2)11(3)9-12)15-14(19)8-7-13(18)16(15)20/h5-9,17,21H,4H2,1-3H3. The molecule has 0 aliphatic heterocycles. The Bertz CT molecular complexity index is 655. The van der Waals surface area contributed by atoms with E-state index in [0.717, 1.165) is 16.7 Å². The molecular formula is C17H18BrF2N. The predicted octanol–water partition coefficient (Wildman–Crippen LogP) is 5.04. The second-order valence-electron chi connectivity index (χ2n) is 5.09. The van der Waals surface area contributed by atoms with E-state index >= 15 is 0 Å². The van der Waals surface area contributed by atoms with Gasteiger partial charge >= 0.3 is 0 Å². The van der Waals surface area contributed by atoms with Gasteiger partial charge in [-0.05, 0) is 65.1 Å². The zero-order valence-electron chi connectivity index (χ0n) is 12.3. The fraction of sp³-hybridized carbons (Fsp3) is 0.294. The van der Waals surface area contributed by atoms with Crippen LogP contribution in [-0.2, 0) is 0 Å². The fourth-order valence-electron chi connectivity index (χ4n) is 2.34. The van der Waals surface area contributed by atoms with E-state index in [0.29, 0.717) is 6.54 Å². The number of nitrogens with one attached hydrogen (secondary N) is 1. The lowest BCUT2D eigenvalue weighted by Crippen LogP contribution is -2.24. The normalized spacial score (nSPS) is 12.5. The lowest BCUT2D eigenvalue weighted by atomic mass is 9.95. The van der Waals surface area contributed by atoms with Crippen molar-refractivity contribution < 1.29 is 8.78 Å². The Kier molecular flexibility index (Phi) is 5.12. The molecule has 112 valence electrons. The van der Waals surface area contributed by atoms with Gasteiger partial charge in [-0.25, -0.2) is 8.78 Å². The Labute approximate surface area is 132 Å². The minimum atomic E-state index is -0.556. The minimum Gasteiger partial charge on any atom is -0.306 e. The van der Waals surface area contributed by atoms with E-state index < -0.39 is 17.7 Å². The van der Waals surface area contributed by atoms with Gasteiger partial charge in [0, 0.05) is 5.56 Å². The number of hydrogen-bond acceptors (Lipinski definition) is 1. The van der Waals surface area contributed by atoms with Crippen molar-refractivity contribution in [1.29, 1.82) is 0 Å². The average Bonchev–Trinajstić information content (AvgIpc) is 2.45. The fourth-order valence-corrected chi connectivity index (χ4v) is 2.69. The maximum atomic E-state index is 14.4. The molecule has 0 aliphatic rings. The zero-order chi connectivity index (χ0) is 15.6. The van der Waals surface area contributed by atoms with Crippen LogP contribution in [0.5, 0.6) is 0 Å². The Morgan fingerprint density at radius 3 is 2.43 bits per heavy atom. The third-order valence-electron chi connectivity index (χ3n) is 3.64. The van der Waals surface area contributed by atoms with Gasteiger partial charge in [0.25, 0.3) is 0 Å². The van der Waals surface area contributed by atoms with Gasteiger partial charge in [-0.3, -0.25) is 0 Å². The molecule has 0 radical (unpaired) electrons. The summed E-state index contributed by atoms with van der Waals surface area (Å²) in [5.74, 6) is -1.10. The summed E-state index contributed by atoms with van der Waals surface area (Å²) in [5.41, 5.74) is 3.17. The molecule has 1 unspecified atom stereocenters. The SMILES string of the molecule is CCNC(c1ccc(C)c(C)c1)c1c(F)ccc(Br)c1F. The number of halogens is 3. The van der Waals surface area contributed by atoms with Crippen LogP contribution in [0, 0.1) is 25.5 Å². The summed E-state index contributed by atoms with van der Waals surface area (Å²) >= 11 is 3.13. The maximum absolute atomic E-state index is 14.4. The highest BCUT2D eigenvalue weighted by Gasteiger charge is 2.23. The smallest absolute Gasteiger partial charge is 0.145 e. The zero-order valence-corrected chi connectivity index (χ0v) is 13.9. The van der Waals surface area contributed by atoms with Crippen molar-refractivity contribution >= 4 is 15.9 Å². The molecule has 1 N–H and O–H groups in total. The minimum absolute atomic E-state index is 0.0504. The first-order chi connectivity index (χ1) is 9.95. The average molecular weight is 354 g/mol. The van der Waals surface area contributed by atoms with Crippen LogP contribution in [0.25, 0.3) is 0 Å². The molecule has 0 saturated heterocycles. The van der Waals surface area contributed by atoms with E-state index in [1.165, 1.54) is 12.1 Å². The highest BCUT2D eigenvalue weighted by Crippen LogP contribution is 2.31. The molecule has 21 heavy (non-hydrogen) atoms. The lowest BCUT2D eigenvalue weighted by molar-refractivity contribution is 0.507. The molecule has 0 fully saturated rings. The summed E-state index contributed by atoms with van der Waals surface area (Å²) in [4.78, 5) is 0. The Hall–Kier alpha value is -1.26. The van der Waals surface area contributed by atoms with Gasteiger partial charge in [0.2, 0.25) is 0 Å². The van der Waals surface area contributed by atoms with Crippen molar-refractivity contribution in [1.82, 2.24) is 5.32 Å². The molecule has 2 aromatic carbocycles. The van der Waals surface area contributed by atoms with Gasteiger partial charge in [-0.15, -0.1) is 0 Å².